The van der Waals surface area contributed by atoms with E-state index in [1.54, 1.807) is 42.5 Å². The van der Waals surface area contributed by atoms with E-state index in [9.17, 15) is 27.9 Å². The first-order valence-electron chi connectivity index (χ1n) is 11.7. The lowest BCUT2D eigenvalue weighted by atomic mass is 9.82. The second kappa shape index (κ2) is 9.09. The number of alkyl halides is 3. The van der Waals surface area contributed by atoms with Gasteiger partial charge in [-0.1, -0.05) is 48.2 Å². The Morgan fingerprint density at radius 3 is 2.49 bits per heavy atom. The van der Waals surface area contributed by atoms with Gasteiger partial charge in [-0.2, -0.15) is 13.2 Å². The average molecular weight is 505 g/mol. The number of anilines is 1. The molecule has 0 saturated heterocycles. The van der Waals surface area contributed by atoms with E-state index in [0.29, 0.717) is 40.8 Å². The molecule has 1 fully saturated rings. The molecule has 0 aromatic heterocycles. The van der Waals surface area contributed by atoms with Crippen LogP contribution < -0.4 is 5.32 Å². The minimum Gasteiger partial charge on any atom is -0.457 e. The maximum Gasteiger partial charge on any atom is 0.416 e. The molecule has 1 amide bonds. The van der Waals surface area contributed by atoms with Gasteiger partial charge in [-0.25, -0.2) is 4.79 Å². The van der Waals surface area contributed by atoms with Crippen molar-refractivity contribution in [1.82, 2.24) is 0 Å². The number of benzene rings is 3. The van der Waals surface area contributed by atoms with E-state index < -0.39 is 34.6 Å². The number of hydrogen-bond acceptors (Lipinski definition) is 4. The van der Waals surface area contributed by atoms with Gasteiger partial charge in [0.25, 0.3) is 5.91 Å². The second-order valence-corrected chi connectivity index (χ2v) is 9.41. The standard InChI is InChI=1S/C29H22F3NO4/c30-29(31,32)22-8-4-7-21(16-22)27(13-14-27)18-28(36,12-11-19-5-2-1-3-6-19)26(35)33-23-9-10-24-20(15-23)17-37-25(24)34/h1-10,15-16,36H,13-14,17-18H2,(H,33,35). The number of nitrogens with one attached hydrogen (secondary N) is 1. The lowest BCUT2D eigenvalue weighted by Crippen LogP contribution is -2.44. The highest BCUT2D eigenvalue weighted by molar-refractivity contribution is 6.01. The summed E-state index contributed by atoms with van der Waals surface area (Å²) in [6, 6.07) is 18.4. The number of rotatable bonds is 5. The number of hydrogen-bond donors (Lipinski definition) is 2. The zero-order valence-corrected chi connectivity index (χ0v) is 19.6. The highest BCUT2D eigenvalue weighted by atomic mass is 19.4. The maximum atomic E-state index is 13.4. The number of esters is 1. The van der Waals surface area contributed by atoms with Crippen molar-refractivity contribution in [3.8, 4) is 11.8 Å². The summed E-state index contributed by atoms with van der Waals surface area (Å²) in [4.78, 5) is 25.2. The van der Waals surface area contributed by atoms with E-state index in [1.165, 1.54) is 18.2 Å². The smallest absolute Gasteiger partial charge is 0.416 e. The third-order valence-corrected chi connectivity index (χ3v) is 6.75. The van der Waals surface area contributed by atoms with Gasteiger partial charge in [-0.15, -0.1) is 0 Å². The van der Waals surface area contributed by atoms with Gasteiger partial charge in [0.15, 0.2) is 0 Å². The van der Waals surface area contributed by atoms with Crippen LogP contribution in [0.3, 0.4) is 0 Å². The zero-order valence-electron chi connectivity index (χ0n) is 19.6. The molecule has 1 aliphatic heterocycles. The van der Waals surface area contributed by atoms with E-state index >= 15 is 0 Å². The molecule has 1 unspecified atom stereocenters. The summed E-state index contributed by atoms with van der Waals surface area (Å²) in [5.41, 5.74) is -1.49. The Morgan fingerprint density at radius 2 is 1.78 bits per heavy atom. The van der Waals surface area contributed by atoms with E-state index in [4.69, 9.17) is 4.74 Å². The molecule has 1 aliphatic carbocycles. The van der Waals surface area contributed by atoms with Crippen LogP contribution in [0.2, 0.25) is 0 Å². The number of carbonyl (C=O) groups excluding carboxylic acids is 2. The largest absolute Gasteiger partial charge is 0.457 e. The SMILES string of the molecule is O=C1OCc2cc(NC(=O)C(O)(C#Cc3ccccc3)CC3(c4cccc(C(F)(F)F)c4)CC3)ccc21. The molecular formula is C29H22F3NO4. The van der Waals surface area contributed by atoms with E-state index in [2.05, 4.69) is 17.2 Å². The number of carbonyl (C=O) groups is 2. The van der Waals surface area contributed by atoms with Crippen LogP contribution >= 0.6 is 0 Å². The molecule has 8 heteroatoms. The summed E-state index contributed by atoms with van der Waals surface area (Å²) < 4.78 is 45.0. The van der Waals surface area contributed by atoms with Crippen LogP contribution in [0.1, 0.15) is 51.9 Å². The molecule has 2 aliphatic rings. The molecule has 0 radical (unpaired) electrons. The number of aliphatic hydroxyl groups is 1. The predicted octanol–water partition coefficient (Wildman–Crippen LogP) is 5.22. The van der Waals surface area contributed by atoms with Crippen LogP contribution in [0.4, 0.5) is 18.9 Å². The molecule has 37 heavy (non-hydrogen) atoms. The first-order chi connectivity index (χ1) is 17.6. The monoisotopic (exact) mass is 505 g/mol. The van der Waals surface area contributed by atoms with Crippen LogP contribution in [0.15, 0.2) is 72.8 Å². The highest BCUT2D eigenvalue weighted by Gasteiger charge is 2.52. The van der Waals surface area contributed by atoms with Crippen molar-refractivity contribution in [2.75, 3.05) is 5.32 Å². The zero-order chi connectivity index (χ0) is 26.3. The van der Waals surface area contributed by atoms with Gasteiger partial charge >= 0.3 is 12.1 Å². The molecule has 1 atom stereocenters. The molecule has 0 bridgehead atoms. The third kappa shape index (κ3) is 5.09. The highest BCUT2D eigenvalue weighted by Crippen LogP contribution is 2.54. The van der Waals surface area contributed by atoms with Crippen LogP contribution in [0, 0.1) is 11.8 Å². The lowest BCUT2D eigenvalue weighted by molar-refractivity contribution is -0.137. The summed E-state index contributed by atoms with van der Waals surface area (Å²) in [6.45, 7) is 0.0780. The van der Waals surface area contributed by atoms with Crippen molar-refractivity contribution in [3.63, 3.8) is 0 Å². The fourth-order valence-corrected chi connectivity index (χ4v) is 4.56. The van der Waals surface area contributed by atoms with Crippen LogP contribution in [-0.2, 0) is 27.7 Å². The molecule has 5 rings (SSSR count). The molecule has 5 nitrogen and oxygen atoms in total. The van der Waals surface area contributed by atoms with E-state index in [1.807, 2.05) is 0 Å². The molecule has 2 N–H and O–H groups in total. The molecule has 3 aromatic rings. The van der Waals surface area contributed by atoms with Gasteiger partial charge in [-0.3, -0.25) is 4.79 Å². The van der Waals surface area contributed by atoms with Gasteiger partial charge < -0.3 is 15.2 Å². The van der Waals surface area contributed by atoms with Crippen molar-refractivity contribution in [2.45, 2.75) is 43.1 Å². The van der Waals surface area contributed by atoms with Crippen molar-refractivity contribution < 1.29 is 32.6 Å². The summed E-state index contributed by atoms with van der Waals surface area (Å²) in [5.74, 6) is 4.27. The van der Waals surface area contributed by atoms with E-state index in [0.717, 1.165) is 12.1 Å². The fourth-order valence-electron chi connectivity index (χ4n) is 4.56. The Morgan fingerprint density at radius 1 is 1.03 bits per heavy atom. The molecule has 1 heterocycles. The van der Waals surface area contributed by atoms with Gasteiger partial charge in [-0.05, 0) is 60.2 Å². The van der Waals surface area contributed by atoms with Crippen molar-refractivity contribution in [2.24, 2.45) is 0 Å². The Labute approximate surface area is 211 Å². The summed E-state index contributed by atoms with van der Waals surface area (Å²) in [5, 5.41) is 14.3. The van der Waals surface area contributed by atoms with Gasteiger partial charge in [0, 0.05) is 23.2 Å². The molecule has 188 valence electrons. The van der Waals surface area contributed by atoms with Gasteiger partial charge in [0.1, 0.15) is 6.61 Å². The first kappa shape index (κ1) is 24.6. The summed E-state index contributed by atoms with van der Waals surface area (Å²) in [7, 11) is 0. The molecule has 1 saturated carbocycles. The van der Waals surface area contributed by atoms with Crippen molar-refractivity contribution in [3.05, 3.63) is 101 Å². The Hall–Kier alpha value is -4.09. The minimum atomic E-state index is -4.51. The Bertz CT molecular complexity index is 1430. The molecule has 0 spiro atoms. The van der Waals surface area contributed by atoms with Gasteiger partial charge in [0.05, 0.1) is 11.1 Å². The minimum absolute atomic E-state index is 0.0780. The van der Waals surface area contributed by atoms with Crippen LogP contribution in [-0.4, -0.2) is 22.6 Å². The molecular weight excluding hydrogens is 483 g/mol. The molecule has 3 aromatic carbocycles. The Balaban J connectivity index is 1.47. The number of fused-ring (bicyclic) bond motifs is 1. The quantitative estimate of drug-likeness (QED) is 0.368. The first-order valence-corrected chi connectivity index (χ1v) is 11.7. The lowest BCUT2D eigenvalue weighted by Gasteiger charge is -2.27. The van der Waals surface area contributed by atoms with Crippen LogP contribution in [0.25, 0.3) is 0 Å². The maximum absolute atomic E-state index is 13.4. The van der Waals surface area contributed by atoms with Crippen molar-refractivity contribution in [1.29, 1.82) is 0 Å². The number of halogens is 3. The average Bonchev–Trinajstić information content (AvgIpc) is 3.57. The number of ether oxygens (including phenoxy) is 1. The Kier molecular flexibility index (Phi) is 6.04. The number of amides is 1. The van der Waals surface area contributed by atoms with Crippen molar-refractivity contribution >= 4 is 17.6 Å². The van der Waals surface area contributed by atoms with Gasteiger partial charge in [0.2, 0.25) is 5.60 Å². The van der Waals surface area contributed by atoms with E-state index in [-0.39, 0.29) is 13.0 Å². The normalized spacial score (nSPS) is 17.0. The predicted molar refractivity (Wildman–Crippen MR) is 129 cm³/mol. The third-order valence-electron chi connectivity index (χ3n) is 6.75. The topological polar surface area (TPSA) is 75.6 Å². The van der Waals surface area contributed by atoms with Crippen LogP contribution in [0.5, 0.6) is 0 Å². The summed E-state index contributed by atoms with van der Waals surface area (Å²) in [6.07, 6.45) is -3.67. The second-order valence-electron chi connectivity index (χ2n) is 9.41. The fraction of sp³-hybridized carbons (Fsp3) is 0.241. The number of cyclic esters (lactones) is 1. The summed E-state index contributed by atoms with van der Waals surface area (Å²) >= 11 is 0.